The molecule has 2 aliphatic carbocycles. The van der Waals surface area contributed by atoms with Gasteiger partial charge in [-0.05, 0) is 101 Å². The van der Waals surface area contributed by atoms with Gasteiger partial charge in [-0.15, -0.1) is 0 Å². The first-order valence-corrected chi connectivity index (χ1v) is 10.5. The van der Waals surface area contributed by atoms with Crippen molar-refractivity contribution < 1.29 is 4.39 Å². The van der Waals surface area contributed by atoms with Gasteiger partial charge in [0, 0.05) is 0 Å². The first kappa shape index (κ1) is 19.0. The van der Waals surface area contributed by atoms with E-state index in [2.05, 4.69) is 26.0 Å². The van der Waals surface area contributed by atoms with Crippen molar-refractivity contribution in [3.05, 3.63) is 12.2 Å². The molecule has 0 aromatic rings. The summed E-state index contributed by atoms with van der Waals surface area (Å²) < 4.78 is 12.5. The molecule has 2 rings (SSSR count). The molecule has 0 aromatic heterocycles. The van der Waals surface area contributed by atoms with Crippen LogP contribution in [0.3, 0.4) is 0 Å². The van der Waals surface area contributed by atoms with E-state index in [1.807, 2.05) is 0 Å². The average molecular weight is 323 g/mol. The second-order valence-electron chi connectivity index (χ2n) is 8.26. The first-order chi connectivity index (χ1) is 11.3. The molecule has 2 saturated carbocycles. The Morgan fingerprint density at radius 3 is 2.04 bits per heavy atom. The molecule has 1 atom stereocenters. The molecule has 0 aromatic carbocycles. The van der Waals surface area contributed by atoms with E-state index >= 15 is 0 Å². The van der Waals surface area contributed by atoms with Gasteiger partial charge >= 0.3 is 0 Å². The zero-order valence-corrected chi connectivity index (χ0v) is 15.6. The highest BCUT2D eigenvalue weighted by Gasteiger charge is 2.32. The number of allylic oxidation sites excluding steroid dienone is 2. The average Bonchev–Trinajstić information content (AvgIpc) is 2.60. The summed E-state index contributed by atoms with van der Waals surface area (Å²) in [6, 6.07) is 0. The molecule has 0 saturated heterocycles. The second kappa shape index (κ2) is 10.5. The predicted octanol–water partition coefficient (Wildman–Crippen LogP) is 7.34. The van der Waals surface area contributed by atoms with E-state index < -0.39 is 0 Å². The Labute approximate surface area is 144 Å². The monoisotopic (exact) mass is 322 g/mol. The summed E-state index contributed by atoms with van der Waals surface area (Å²) in [4.78, 5) is 0. The van der Waals surface area contributed by atoms with Crippen LogP contribution in [-0.2, 0) is 0 Å². The second-order valence-corrected chi connectivity index (χ2v) is 8.26. The molecule has 0 spiro atoms. The molecule has 0 bridgehead atoms. The van der Waals surface area contributed by atoms with Crippen LogP contribution in [0.15, 0.2) is 12.2 Å². The van der Waals surface area contributed by atoms with Gasteiger partial charge in [0.1, 0.15) is 0 Å². The van der Waals surface area contributed by atoms with Crippen LogP contribution in [0.4, 0.5) is 4.39 Å². The van der Waals surface area contributed by atoms with Gasteiger partial charge in [0.25, 0.3) is 0 Å². The van der Waals surface area contributed by atoms with E-state index in [-0.39, 0.29) is 6.67 Å². The Morgan fingerprint density at radius 1 is 0.913 bits per heavy atom. The molecule has 0 nitrogen and oxygen atoms in total. The maximum absolute atomic E-state index is 12.5. The smallest absolute Gasteiger partial charge is 0.0894 e. The highest BCUT2D eigenvalue weighted by atomic mass is 19.1. The van der Waals surface area contributed by atoms with Crippen LogP contribution in [0.25, 0.3) is 0 Å². The van der Waals surface area contributed by atoms with Gasteiger partial charge < -0.3 is 0 Å². The van der Waals surface area contributed by atoms with Gasteiger partial charge in [0.15, 0.2) is 0 Å². The zero-order chi connectivity index (χ0) is 16.5. The largest absolute Gasteiger partial charge is 0.251 e. The minimum Gasteiger partial charge on any atom is -0.251 e. The Kier molecular flexibility index (Phi) is 8.69. The fraction of sp³-hybridized carbons (Fsp3) is 0.909. The Hall–Kier alpha value is -0.330. The summed E-state index contributed by atoms with van der Waals surface area (Å²) >= 11 is 0. The Morgan fingerprint density at radius 2 is 1.52 bits per heavy atom. The highest BCUT2D eigenvalue weighted by Crippen LogP contribution is 2.44. The normalized spacial score (nSPS) is 33.9. The number of alkyl halides is 1. The molecule has 0 amide bonds. The maximum atomic E-state index is 12.5. The lowest BCUT2D eigenvalue weighted by Crippen LogP contribution is -2.28. The van der Waals surface area contributed by atoms with Gasteiger partial charge in [-0.2, -0.15) is 0 Å². The van der Waals surface area contributed by atoms with Gasteiger partial charge in [-0.25, -0.2) is 0 Å². The molecule has 2 aliphatic rings. The number of hydrogen-bond acceptors (Lipinski definition) is 0. The summed E-state index contributed by atoms with van der Waals surface area (Å²) in [5.74, 6) is 4.58. The third kappa shape index (κ3) is 5.91. The lowest BCUT2D eigenvalue weighted by atomic mass is 9.66. The molecule has 1 unspecified atom stereocenters. The van der Waals surface area contributed by atoms with Crippen molar-refractivity contribution in [2.24, 2.45) is 29.6 Å². The van der Waals surface area contributed by atoms with Crippen molar-refractivity contribution in [2.45, 2.75) is 90.9 Å². The third-order valence-electron chi connectivity index (χ3n) is 6.80. The van der Waals surface area contributed by atoms with Crippen LogP contribution in [0.5, 0.6) is 0 Å². The molecule has 2 fully saturated rings. The lowest BCUT2D eigenvalue weighted by molar-refractivity contribution is 0.123. The van der Waals surface area contributed by atoms with Crippen LogP contribution >= 0.6 is 0 Å². The minimum absolute atomic E-state index is 0.120. The van der Waals surface area contributed by atoms with Crippen molar-refractivity contribution in [2.75, 3.05) is 6.67 Å². The van der Waals surface area contributed by atoms with Crippen LogP contribution in [-0.4, -0.2) is 6.67 Å². The highest BCUT2D eigenvalue weighted by molar-refractivity contribution is 4.91. The molecular formula is C22H39F. The molecule has 0 aliphatic heterocycles. The van der Waals surface area contributed by atoms with Crippen molar-refractivity contribution in [3.63, 3.8) is 0 Å². The molecule has 0 heterocycles. The van der Waals surface area contributed by atoms with Crippen molar-refractivity contribution in [1.82, 2.24) is 0 Å². The number of hydrogen-bond donors (Lipinski definition) is 0. The summed E-state index contributed by atoms with van der Waals surface area (Å²) in [7, 11) is 0. The van der Waals surface area contributed by atoms with E-state index in [4.69, 9.17) is 0 Å². The summed E-state index contributed by atoms with van der Waals surface area (Å²) in [6.07, 6.45) is 20.7. The van der Waals surface area contributed by atoms with Crippen LogP contribution < -0.4 is 0 Å². The Bertz CT molecular complexity index is 319. The van der Waals surface area contributed by atoms with Gasteiger partial charge in [0.2, 0.25) is 0 Å². The number of rotatable bonds is 8. The Balaban J connectivity index is 1.74. The molecule has 134 valence electrons. The molecule has 0 N–H and O–H groups in total. The van der Waals surface area contributed by atoms with Gasteiger partial charge in [-0.3, -0.25) is 4.39 Å². The number of halogens is 1. The van der Waals surface area contributed by atoms with Crippen molar-refractivity contribution >= 4 is 0 Å². The van der Waals surface area contributed by atoms with Crippen LogP contribution in [0.2, 0.25) is 0 Å². The van der Waals surface area contributed by atoms with Crippen molar-refractivity contribution in [3.8, 4) is 0 Å². The first-order valence-electron chi connectivity index (χ1n) is 10.5. The maximum Gasteiger partial charge on any atom is 0.0894 e. The molecule has 1 heteroatoms. The van der Waals surface area contributed by atoms with Gasteiger partial charge in [-0.1, -0.05) is 31.9 Å². The zero-order valence-electron chi connectivity index (χ0n) is 15.6. The topological polar surface area (TPSA) is 0 Å². The van der Waals surface area contributed by atoms with E-state index in [0.29, 0.717) is 0 Å². The van der Waals surface area contributed by atoms with Crippen molar-refractivity contribution in [1.29, 1.82) is 0 Å². The summed E-state index contributed by atoms with van der Waals surface area (Å²) in [5, 5.41) is 0. The van der Waals surface area contributed by atoms with E-state index in [9.17, 15) is 4.39 Å². The molecule has 23 heavy (non-hydrogen) atoms. The SMILES string of the molecule is C/C=C/C1CCC(C2CCC(C(CCC)CCCF)CC2)CC1. The summed E-state index contributed by atoms with van der Waals surface area (Å²) in [6.45, 7) is 4.32. The fourth-order valence-corrected chi connectivity index (χ4v) is 5.49. The fourth-order valence-electron chi connectivity index (χ4n) is 5.49. The minimum atomic E-state index is -0.120. The van der Waals surface area contributed by atoms with Crippen LogP contribution in [0.1, 0.15) is 90.9 Å². The molecular weight excluding hydrogens is 283 g/mol. The molecule has 0 radical (unpaired) electrons. The summed E-state index contributed by atoms with van der Waals surface area (Å²) in [5.41, 5.74) is 0. The predicted molar refractivity (Wildman–Crippen MR) is 99.3 cm³/mol. The third-order valence-corrected chi connectivity index (χ3v) is 6.80. The quantitative estimate of drug-likeness (QED) is 0.410. The standard InChI is InChI=1S/C22H39F/c1-3-6-18-9-11-20(12-10-18)22-15-13-21(14-16-22)19(7-4-2)8-5-17-23/h3,6,18-22H,4-5,7-17H2,1-2H3/b6-3+. The lowest BCUT2D eigenvalue weighted by Gasteiger charge is -2.39. The van der Waals surface area contributed by atoms with E-state index in [0.717, 1.165) is 42.4 Å². The van der Waals surface area contributed by atoms with Gasteiger partial charge in [0.05, 0.1) is 6.67 Å². The van der Waals surface area contributed by atoms with E-state index in [1.54, 1.807) is 0 Å². The van der Waals surface area contributed by atoms with Crippen LogP contribution in [0, 0.1) is 29.6 Å². The van der Waals surface area contributed by atoms with E-state index in [1.165, 1.54) is 64.2 Å².